The first-order valence-corrected chi connectivity index (χ1v) is 23.0. The highest BCUT2D eigenvalue weighted by Gasteiger charge is 2.21. The number of nitrogens with zero attached hydrogens (tertiary/aromatic N) is 1. The minimum absolute atomic E-state index is 0.0381. The molecular weight excluding hydrogens is 689 g/mol. The zero-order chi connectivity index (χ0) is 39.3. The molecule has 0 spiro atoms. The van der Waals surface area contributed by atoms with Gasteiger partial charge < -0.3 is 27.9 Å². The van der Waals surface area contributed by atoms with Crippen LogP contribution in [-0.4, -0.2) is 70.0 Å². The predicted molar refractivity (Wildman–Crippen MR) is 218 cm³/mol. The molecule has 0 fully saturated rings. The smallest absolute Gasteiger partial charge is 0.306 e. The molecule has 0 aliphatic rings. The summed E-state index contributed by atoms with van der Waals surface area (Å²) in [7, 11) is 1.14. The first kappa shape index (κ1) is 51.5. The van der Waals surface area contributed by atoms with Crippen molar-refractivity contribution < 1.29 is 42.1 Å². The molecule has 0 rings (SSSR count). The molecule has 0 heterocycles. The minimum Gasteiger partial charge on any atom is -0.756 e. The second-order valence-corrected chi connectivity index (χ2v) is 17.1. The van der Waals surface area contributed by atoms with Crippen LogP contribution in [-0.2, 0) is 32.7 Å². The van der Waals surface area contributed by atoms with Crippen LogP contribution in [0.5, 0.6) is 0 Å². The maximum absolute atomic E-state index is 12.6. The summed E-state index contributed by atoms with van der Waals surface area (Å²) < 4.78 is 33.8. The number of esters is 2. The lowest BCUT2D eigenvalue weighted by Crippen LogP contribution is -2.37. The van der Waals surface area contributed by atoms with Crippen molar-refractivity contribution in [1.29, 1.82) is 0 Å². The summed E-state index contributed by atoms with van der Waals surface area (Å²) >= 11 is 0. The Labute approximate surface area is 326 Å². The molecule has 2 unspecified atom stereocenters. The van der Waals surface area contributed by atoms with E-state index in [4.69, 9.17) is 18.5 Å². The number of carbonyl (C=O) groups excluding carboxylic acids is 2. The molecule has 0 aliphatic heterocycles. The monoisotopic (exact) mass is 772 g/mol. The van der Waals surface area contributed by atoms with E-state index in [1.165, 1.54) is 122 Å². The van der Waals surface area contributed by atoms with Gasteiger partial charge in [-0.05, 0) is 32.1 Å². The Kier molecular flexibility index (Phi) is 35.1. The third-order valence-electron chi connectivity index (χ3n) is 9.24. The summed E-state index contributed by atoms with van der Waals surface area (Å²) in [5, 5.41) is 0. The van der Waals surface area contributed by atoms with Crippen molar-refractivity contribution in [3.05, 3.63) is 24.3 Å². The van der Waals surface area contributed by atoms with Crippen LogP contribution < -0.4 is 4.89 Å². The predicted octanol–water partition coefficient (Wildman–Crippen LogP) is 11.3. The number of carbonyl (C=O) groups is 2. The van der Waals surface area contributed by atoms with Crippen molar-refractivity contribution in [2.75, 3.05) is 47.5 Å². The summed E-state index contributed by atoms with van der Waals surface area (Å²) in [6.07, 6.45) is 37.9. The van der Waals surface area contributed by atoms with Crippen molar-refractivity contribution in [3.63, 3.8) is 0 Å². The van der Waals surface area contributed by atoms with Crippen LogP contribution in [0.15, 0.2) is 24.3 Å². The second kappa shape index (κ2) is 36.1. The molecule has 9 nitrogen and oxygen atoms in total. The van der Waals surface area contributed by atoms with E-state index in [1.54, 1.807) is 0 Å². The summed E-state index contributed by atoms with van der Waals surface area (Å²) in [6.45, 7) is 4.16. The van der Waals surface area contributed by atoms with Gasteiger partial charge in [-0.25, -0.2) is 0 Å². The number of ether oxygens (including phenoxy) is 2. The number of phosphoric ester groups is 1. The van der Waals surface area contributed by atoms with Gasteiger partial charge in [-0.15, -0.1) is 0 Å². The van der Waals surface area contributed by atoms with E-state index in [9.17, 15) is 19.0 Å². The van der Waals surface area contributed by atoms with E-state index in [2.05, 4.69) is 26.0 Å². The Morgan fingerprint density at radius 1 is 0.585 bits per heavy atom. The molecular formula is C43H82NO8P. The summed E-state index contributed by atoms with van der Waals surface area (Å²) in [5.74, 6) is -0.907. The minimum atomic E-state index is -4.63. The maximum Gasteiger partial charge on any atom is 0.306 e. The normalized spacial score (nSPS) is 13.8. The number of rotatable bonds is 39. The number of unbranched alkanes of at least 4 members (excludes halogenated alkanes) is 21. The van der Waals surface area contributed by atoms with Crippen LogP contribution in [0.2, 0.25) is 0 Å². The molecule has 0 aromatic heterocycles. The molecule has 0 aliphatic carbocycles. The van der Waals surface area contributed by atoms with Gasteiger partial charge in [0.25, 0.3) is 7.82 Å². The Bertz CT molecular complexity index is 964. The molecule has 0 N–H and O–H groups in total. The molecule has 10 heteroatoms. The Balaban J connectivity index is 4.40. The third-order valence-corrected chi connectivity index (χ3v) is 10.2. The molecule has 0 radical (unpaired) electrons. The molecule has 312 valence electrons. The Morgan fingerprint density at radius 2 is 1.06 bits per heavy atom. The third kappa shape index (κ3) is 40.0. The molecule has 0 saturated carbocycles. The summed E-state index contributed by atoms with van der Waals surface area (Å²) in [4.78, 5) is 37.4. The van der Waals surface area contributed by atoms with Crippen LogP contribution >= 0.6 is 7.82 Å². The highest BCUT2D eigenvalue weighted by molar-refractivity contribution is 7.45. The maximum atomic E-state index is 12.6. The number of quaternary nitrogens is 1. The number of likely N-dealkylation sites (N-methyl/N-ethyl adjacent to an activating group) is 1. The van der Waals surface area contributed by atoms with Crippen LogP contribution in [0.4, 0.5) is 0 Å². The number of hydrogen-bond donors (Lipinski definition) is 0. The quantitative estimate of drug-likeness (QED) is 0.0200. The van der Waals surface area contributed by atoms with Gasteiger partial charge in [-0.1, -0.05) is 167 Å². The average molecular weight is 772 g/mol. The van der Waals surface area contributed by atoms with Gasteiger partial charge in [0.2, 0.25) is 0 Å². The van der Waals surface area contributed by atoms with Crippen LogP contribution in [0.3, 0.4) is 0 Å². The topological polar surface area (TPSA) is 111 Å². The second-order valence-electron chi connectivity index (χ2n) is 15.7. The first-order valence-electron chi connectivity index (χ1n) is 21.5. The van der Waals surface area contributed by atoms with E-state index in [0.29, 0.717) is 17.4 Å². The fourth-order valence-corrected chi connectivity index (χ4v) is 6.55. The van der Waals surface area contributed by atoms with Crippen LogP contribution in [0.25, 0.3) is 0 Å². The lowest BCUT2D eigenvalue weighted by molar-refractivity contribution is -0.870. The lowest BCUT2D eigenvalue weighted by atomic mass is 10.0. The van der Waals surface area contributed by atoms with E-state index < -0.39 is 32.5 Å². The first-order chi connectivity index (χ1) is 25.5. The van der Waals surface area contributed by atoms with E-state index in [-0.39, 0.29) is 26.1 Å². The van der Waals surface area contributed by atoms with E-state index in [1.807, 2.05) is 33.3 Å². The van der Waals surface area contributed by atoms with Gasteiger partial charge in [0.05, 0.1) is 27.7 Å². The van der Waals surface area contributed by atoms with Gasteiger partial charge in [0.1, 0.15) is 19.8 Å². The number of hydrogen-bond acceptors (Lipinski definition) is 8. The summed E-state index contributed by atoms with van der Waals surface area (Å²) in [6, 6.07) is 0. The van der Waals surface area contributed by atoms with Gasteiger partial charge in [-0.3, -0.25) is 14.2 Å². The van der Waals surface area contributed by atoms with Crippen molar-refractivity contribution in [2.45, 2.75) is 193 Å². The fraction of sp³-hybridized carbons (Fsp3) is 0.860. The largest absolute Gasteiger partial charge is 0.756 e. The van der Waals surface area contributed by atoms with Crippen LogP contribution in [0, 0.1) is 0 Å². The molecule has 0 saturated heterocycles. The van der Waals surface area contributed by atoms with Crippen molar-refractivity contribution >= 4 is 19.8 Å². The zero-order valence-electron chi connectivity index (χ0n) is 35.0. The number of allylic oxidation sites excluding steroid dienone is 4. The van der Waals surface area contributed by atoms with E-state index >= 15 is 0 Å². The lowest BCUT2D eigenvalue weighted by Gasteiger charge is -2.28. The van der Waals surface area contributed by atoms with Gasteiger partial charge >= 0.3 is 11.9 Å². The molecule has 0 amide bonds. The van der Waals surface area contributed by atoms with Crippen LogP contribution in [0.1, 0.15) is 187 Å². The number of phosphoric acid groups is 1. The van der Waals surface area contributed by atoms with Gasteiger partial charge in [-0.2, -0.15) is 0 Å². The fourth-order valence-electron chi connectivity index (χ4n) is 5.83. The van der Waals surface area contributed by atoms with Gasteiger partial charge in [0, 0.05) is 12.8 Å². The summed E-state index contributed by atoms with van der Waals surface area (Å²) in [5.41, 5.74) is 0. The Hall–Kier alpha value is -1.51. The molecule has 0 aromatic carbocycles. The Morgan fingerprint density at radius 3 is 1.57 bits per heavy atom. The van der Waals surface area contributed by atoms with E-state index in [0.717, 1.165) is 32.1 Å². The molecule has 2 atom stereocenters. The zero-order valence-corrected chi connectivity index (χ0v) is 35.9. The molecule has 53 heavy (non-hydrogen) atoms. The molecule has 0 aromatic rings. The highest BCUT2D eigenvalue weighted by Crippen LogP contribution is 2.38. The standard InChI is InChI=1S/C43H82NO8P/c1-6-8-10-12-14-16-18-20-21-22-24-25-27-29-31-33-35-42(45)49-39-41(40-51-53(47,48)50-38-37-44(3,4)5)52-43(46)36-34-32-30-28-26-23-19-17-15-13-11-9-7-2/h23,26,30,32,41H,6-22,24-25,27-29,31,33-40H2,1-5H3/b26-23+,32-30+. The van der Waals surface area contributed by atoms with Crippen molar-refractivity contribution in [1.82, 2.24) is 0 Å². The highest BCUT2D eigenvalue weighted by atomic mass is 31.2. The van der Waals surface area contributed by atoms with Crippen molar-refractivity contribution in [2.24, 2.45) is 0 Å². The van der Waals surface area contributed by atoms with Gasteiger partial charge in [0.15, 0.2) is 6.10 Å². The van der Waals surface area contributed by atoms with Crippen molar-refractivity contribution in [3.8, 4) is 0 Å². The average Bonchev–Trinajstić information content (AvgIpc) is 3.10. The SMILES string of the molecule is CCCCCCCC/C=C/C/C=C/CCC(=O)OC(COC(=O)CCCCCCCCCCCCCCCCCC)COP(=O)([O-])OCC[N+](C)(C)C. The molecule has 0 bridgehead atoms.